The predicted octanol–water partition coefficient (Wildman–Crippen LogP) is 2.19. The van der Waals surface area contributed by atoms with Crippen molar-refractivity contribution in [2.24, 2.45) is 0 Å². The van der Waals surface area contributed by atoms with Gasteiger partial charge in [-0.2, -0.15) is 5.10 Å². The molecule has 2 aromatic rings. The molecule has 1 saturated heterocycles. The van der Waals surface area contributed by atoms with Gasteiger partial charge in [0, 0.05) is 37.7 Å². The normalized spacial score (nSPS) is 18.0. The van der Waals surface area contributed by atoms with E-state index in [0.717, 1.165) is 18.8 Å². The number of pyridine rings is 1. The summed E-state index contributed by atoms with van der Waals surface area (Å²) in [6, 6.07) is 6.20. The van der Waals surface area contributed by atoms with Gasteiger partial charge in [-0.3, -0.25) is 9.48 Å². The lowest BCUT2D eigenvalue weighted by Crippen LogP contribution is -2.29. The molecule has 1 N–H and O–H groups in total. The van der Waals surface area contributed by atoms with E-state index in [0.29, 0.717) is 18.2 Å². The van der Waals surface area contributed by atoms with Crippen LogP contribution in [-0.2, 0) is 0 Å². The number of carbonyl (C=O) groups excluding carboxylic acids is 1. The summed E-state index contributed by atoms with van der Waals surface area (Å²) in [6.07, 6.45) is 6.31. The van der Waals surface area contributed by atoms with Gasteiger partial charge in [0.1, 0.15) is 5.82 Å². The zero-order valence-corrected chi connectivity index (χ0v) is 12.9. The van der Waals surface area contributed by atoms with E-state index in [1.165, 1.54) is 0 Å². The second-order valence-electron chi connectivity index (χ2n) is 5.91. The van der Waals surface area contributed by atoms with E-state index in [1.807, 2.05) is 34.0 Å². The van der Waals surface area contributed by atoms with Crippen LogP contribution in [0.1, 0.15) is 36.7 Å². The van der Waals surface area contributed by atoms with E-state index >= 15 is 0 Å². The lowest BCUT2D eigenvalue weighted by atomic mass is 10.2. The highest BCUT2D eigenvalue weighted by molar-refractivity contribution is 5.94. The van der Waals surface area contributed by atoms with Crippen LogP contribution in [-0.4, -0.2) is 44.7 Å². The Bertz CT molecular complexity index is 620. The van der Waals surface area contributed by atoms with Crippen molar-refractivity contribution in [3.63, 3.8) is 0 Å². The maximum atomic E-state index is 12.5. The average Bonchev–Trinajstić information content (AvgIpc) is 3.18. The Morgan fingerprint density at radius 1 is 1.41 bits per heavy atom. The molecule has 3 heterocycles. The summed E-state index contributed by atoms with van der Waals surface area (Å²) < 4.78 is 1.93. The minimum atomic E-state index is 0.0400. The minimum Gasteiger partial charge on any atom is -0.368 e. The average molecular weight is 299 g/mol. The van der Waals surface area contributed by atoms with Crippen LogP contribution >= 0.6 is 0 Å². The Morgan fingerprint density at radius 3 is 2.91 bits per heavy atom. The van der Waals surface area contributed by atoms with Crippen molar-refractivity contribution >= 4 is 11.7 Å². The second-order valence-corrected chi connectivity index (χ2v) is 5.91. The number of nitrogens with zero attached hydrogens (tertiary/aromatic N) is 4. The minimum absolute atomic E-state index is 0.0400. The van der Waals surface area contributed by atoms with Crippen LogP contribution in [0.5, 0.6) is 0 Å². The van der Waals surface area contributed by atoms with Gasteiger partial charge in [-0.15, -0.1) is 0 Å². The molecule has 1 fully saturated rings. The molecule has 0 radical (unpaired) electrons. The van der Waals surface area contributed by atoms with Gasteiger partial charge in [0.2, 0.25) is 0 Å². The summed E-state index contributed by atoms with van der Waals surface area (Å²) in [5.41, 5.74) is 0.635. The van der Waals surface area contributed by atoms with Crippen LogP contribution in [0.4, 0.5) is 5.82 Å². The van der Waals surface area contributed by atoms with Gasteiger partial charge in [-0.25, -0.2) is 4.98 Å². The molecule has 1 aliphatic rings. The molecule has 6 heteroatoms. The Morgan fingerprint density at radius 2 is 2.27 bits per heavy atom. The number of aromatic nitrogens is 3. The maximum absolute atomic E-state index is 12.5. The van der Waals surface area contributed by atoms with Crippen molar-refractivity contribution in [2.45, 2.75) is 32.4 Å². The molecule has 0 aliphatic carbocycles. The Hall–Kier alpha value is -2.37. The lowest BCUT2D eigenvalue weighted by molar-refractivity contribution is 0.0786. The molecule has 1 unspecified atom stereocenters. The van der Waals surface area contributed by atoms with Gasteiger partial charge in [-0.05, 0) is 38.5 Å². The number of hydrogen-bond acceptors (Lipinski definition) is 4. The largest absolute Gasteiger partial charge is 0.368 e. The quantitative estimate of drug-likeness (QED) is 0.940. The van der Waals surface area contributed by atoms with E-state index in [2.05, 4.69) is 29.2 Å². The smallest absolute Gasteiger partial charge is 0.255 e. The van der Waals surface area contributed by atoms with E-state index in [9.17, 15) is 4.79 Å². The summed E-state index contributed by atoms with van der Waals surface area (Å²) in [7, 11) is 0. The predicted molar refractivity (Wildman–Crippen MR) is 84.8 cm³/mol. The molecular formula is C16H21N5O. The summed E-state index contributed by atoms with van der Waals surface area (Å²) in [5.74, 6) is 0.834. The first kappa shape index (κ1) is 14.6. The molecule has 1 atom stereocenters. The van der Waals surface area contributed by atoms with Crippen molar-refractivity contribution in [2.75, 3.05) is 18.4 Å². The Labute approximate surface area is 130 Å². The van der Waals surface area contributed by atoms with Crippen LogP contribution in [0, 0.1) is 0 Å². The number of amides is 1. The molecule has 0 aromatic carbocycles. The lowest BCUT2D eigenvalue weighted by Gasteiger charge is -2.17. The molecule has 2 aromatic heterocycles. The fraction of sp³-hybridized carbons (Fsp3) is 0.438. The zero-order chi connectivity index (χ0) is 15.5. The number of hydrogen-bond donors (Lipinski definition) is 1. The number of likely N-dealkylation sites (tertiary alicyclic amines) is 1. The number of nitrogens with one attached hydrogen (secondary N) is 1. The number of carbonyl (C=O) groups is 1. The van der Waals surface area contributed by atoms with Crippen molar-refractivity contribution in [3.05, 3.63) is 42.4 Å². The Balaban J connectivity index is 1.64. The molecule has 1 amide bonds. The molecule has 116 valence electrons. The van der Waals surface area contributed by atoms with Crippen molar-refractivity contribution in [3.8, 4) is 0 Å². The van der Waals surface area contributed by atoms with Crippen LogP contribution in [0.25, 0.3) is 0 Å². The van der Waals surface area contributed by atoms with E-state index < -0.39 is 0 Å². The standard InChI is InChI=1S/C16H21N5O/c1-12(2)19-15-5-4-13(10-17-15)16(22)20-9-6-14(11-20)21-8-3-7-18-21/h3-5,7-8,10,12,14H,6,9,11H2,1-2H3,(H,17,19). The zero-order valence-electron chi connectivity index (χ0n) is 12.9. The molecule has 3 rings (SSSR count). The number of anilines is 1. The van der Waals surface area contributed by atoms with Gasteiger partial charge in [-0.1, -0.05) is 0 Å². The first-order chi connectivity index (χ1) is 10.6. The Kier molecular flexibility index (Phi) is 4.09. The summed E-state index contributed by atoms with van der Waals surface area (Å²) in [5, 5.41) is 7.48. The van der Waals surface area contributed by atoms with Gasteiger partial charge in [0.25, 0.3) is 5.91 Å². The molecule has 6 nitrogen and oxygen atoms in total. The van der Waals surface area contributed by atoms with Crippen LogP contribution < -0.4 is 5.32 Å². The highest BCUT2D eigenvalue weighted by Gasteiger charge is 2.28. The highest BCUT2D eigenvalue weighted by Crippen LogP contribution is 2.22. The van der Waals surface area contributed by atoms with Crippen LogP contribution in [0.15, 0.2) is 36.8 Å². The summed E-state index contributed by atoms with van der Waals surface area (Å²) in [4.78, 5) is 18.7. The molecule has 0 spiro atoms. The third-order valence-electron chi connectivity index (χ3n) is 3.80. The van der Waals surface area contributed by atoms with Crippen molar-refractivity contribution in [1.29, 1.82) is 0 Å². The third kappa shape index (κ3) is 3.10. The molecule has 22 heavy (non-hydrogen) atoms. The highest BCUT2D eigenvalue weighted by atomic mass is 16.2. The summed E-state index contributed by atoms with van der Waals surface area (Å²) >= 11 is 0. The van der Waals surface area contributed by atoms with E-state index in [1.54, 1.807) is 12.4 Å². The van der Waals surface area contributed by atoms with Crippen LogP contribution in [0.3, 0.4) is 0 Å². The van der Waals surface area contributed by atoms with Crippen molar-refractivity contribution < 1.29 is 4.79 Å². The van der Waals surface area contributed by atoms with Gasteiger partial charge < -0.3 is 10.2 Å². The molecule has 0 bridgehead atoms. The third-order valence-corrected chi connectivity index (χ3v) is 3.80. The molecular weight excluding hydrogens is 278 g/mol. The SMILES string of the molecule is CC(C)Nc1ccc(C(=O)N2CCC(n3cccn3)C2)cn1. The van der Waals surface area contributed by atoms with Gasteiger partial charge in [0.05, 0.1) is 11.6 Å². The van der Waals surface area contributed by atoms with Crippen LogP contribution in [0.2, 0.25) is 0 Å². The first-order valence-corrected chi connectivity index (χ1v) is 7.64. The second kappa shape index (κ2) is 6.17. The van der Waals surface area contributed by atoms with Gasteiger partial charge >= 0.3 is 0 Å². The fourth-order valence-corrected chi connectivity index (χ4v) is 2.72. The molecule has 1 aliphatic heterocycles. The summed E-state index contributed by atoms with van der Waals surface area (Å²) in [6.45, 7) is 5.57. The van der Waals surface area contributed by atoms with Crippen molar-refractivity contribution in [1.82, 2.24) is 19.7 Å². The topological polar surface area (TPSA) is 63.1 Å². The number of rotatable bonds is 4. The monoisotopic (exact) mass is 299 g/mol. The first-order valence-electron chi connectivity index (χ1n) is 7.64. The maximum Gasteiger partial charge on any atom is 0.255 e. The van der Waals surface area contributed by atoms with Gasteiger partial charge in [0.15, 0.2) is 0 Å². The van der Waals surface area contributed by atoms with E-state index in [-0.39, 0.29) is 11.9 Å². The fourth-order valence-electron chi connectivity index (χ4n) is 2.72. The molecule has 0 saturated carbocycles. The van der Waals surface area contributed by atoms with E-state index in [4.69, 9.17) is 0 Å².